The maximum absolute atomic E-state index is 13.5. The minimum atomic E-state index is -0.491. The van der Waals surface area contributed by atoms with Crippen LogP contribution >= 0.6 is 0 Å². The van der Waals surface area contributed by atoms with Gasteiger partial charge in [-0.1, -0.05) is 42.5 Å². The Labute approximate surface area is 136 Å². The third-order valence-electron chi connectivity index (χ3n) is 3.73. The fourth-order valence-electron chi connectivity index (χ4n) is 2.37. The summed E-state index contributed by atoms with van der Waals surface area (Å²) < 4.78 is 13.5. The van der Waals surface area contributed by atoms with Crippen molar-refractivity contribution in [1.29, 1.82) is 0 Å². The van der Waals surface area contributed by atoms with Gasteiger partial charge in [-0.3, -0.25) is 4.79 Å². The summed E-state index contributed by atoms with van der Waals surface area (Å²) in [6.45, 7) is 3.26. The number of nitrogens with one attached hydrogen (secondary N) is 2. The highest BCUT2D eigenvalue weighted by Crippen LogP contribution is 2.06. The van der Waals surface area contributed by atoms with Crippen molar-refractivity contribution in [2.75, 3.05) is 13.1 Å². The summed E-state index contributed by atoms with van der Waals surface area (Å²) in [5, 5.41) is 6.09. The van der Waals surface area contributed by atoms with Crippen molar-refractivity contribution in [1.82, 2.24) is 10.6 Å². The molecule has 1 amide bonds. The average molecular weight is 314 g/mol. The molecule has 0 aliphatic heterocycles. The molecular weight excluding hydrogens is 291 g/mol. The predicted molar refractivity (Wildman–Crippen MR) is 91.0 cm³/mol. The Morgan fingerprint density at radius 2 is 1.74 bits per heavy atom. The zero-order valence-electron chi connectivity index (χ0n) is 13.4. The molecule has 2 aromatic carbocycles. The van der Waals surface area contributed by atoms with E-state index in [4.69, 9.17) is 0 Å². The van der Waals surface area contributed by atoms with E-state index >= 15 is 0 Å². The van der Waals surface area contributed by atoms with Crippen molar-refractivity contribution in [3.63, 3.8) is 0 Å². The molecule has 0 spiro atoms. The second-order valence-electron chi connectivity index (χ2n) is 5.62. The van der Waals surface area contributed by atoms with Crippen LogP contribution in [0.25, 0.3) is 0 Å². The molecule has 4 heteroatoms. The van der Waals surface area contributed by atoms with Gasteiger partial charge in [-0.15, -0.1) is 0 Å². The monoisotopic (exact) mass is 314 g/mol. The van der Waals surface area contributed by atoms with E-state index < -0.39 is 5.82 Å². The SMILES string of the molecule is CC(CCc1ccccc1)NCCNC(=O)c1ccccc1F. The first kappa shape index (κ1) is 17.2. The van der Waals surface area contributed by atoms with Crippen LogP contribution in [0.5, 0.6) is 0 Å². The predicted octanol–water partition coefficient (Wildman–Crippen LogP) is 3.17. The summed E-state index contributed by atoms with van der Waals surface area (Å²) in [6, 6.07) is 16.7. The number of rotatable bonds is 8. The molecule has 1 unspecified atom stereocenters. The van der Waals surface area contributed by atoms with Gasteiger partial charge in [0.2, 0.25) is 0 Å². The molecular formula is C19H23FN2O. The number of aryl methyl sites for hydroxylation is 1. The first-order chi connectivity index (χ1) is 11.2. The van der Waals surface area contributed by atoms with Crippen LogP contribution in [0.4, 0.5) is 4.39 Å². The summed E-state index contributed by atoms with van der Waals surface area (Å²) in [5.74, 6) is -0.865. The van der Waals surface area contributed by atoms with Crippen LogP contribution in [0, 0.1) is 5.82 Å². The van der Waals surface area contributed by atoms with E-state index in [1.54, 1.807) is 12.1 Å². The van der Waals surface area contributed by atoms with Crippen LogP contribution < -0.4 is 10.6 Å². The zero-order chi connectivity index (χ0) is 16.5. The van der Waals surface area contributed by atoms with Crippen molar-refractivity contribution < 1.29 is 9.18 Å². The normalized spacial score (nSPS) is 11.9. The van der Waals surface area contributed by atoms with Gasteiger partial charge in [0, 0.05) is 19.1 Å². The first-order valence-corrected chi connectivity index (χ1v) is 7.97. The Balaban J connectivity index is 1.63. The molecule has 0 fully saturated rings. The highest BCUT2D eigenvalue weighted by Gasteiger charge is 2.09. The van der Waals surface area contributed by atoms with Crippen molar-refractivity contribution in [3.05, 3.63) is 71.5 Å². The fourth-order valence-corrected chi connectivity index (χ4v) is 2.37. The first-order valence-electron chi connectivity index (χ1n) is 7.97. The lowest BCUT2D eigenvalue weighted by Gasteiger charge is -2.14. The topological polar surface area (TPSA) is 41.1 Å². The Morgan fingerprint density at radius 1 is 1.04 bits per heavy atom. The van der Waals surface area contributed by atoms with Gasteiger partial charge in [0.05, 0.1) is 5.56 Å². The van der Waals surface area contributed by atoms with Gasteiger partial charge < -0.3 is 10.6 Å². The summed E-state index contributed by atoms with van der Waals surface area (Å²) >= 11 is 0. The molecule has 0 bridgehead atoms. The highest BCUT2D eigenvalue weighted by molar-refractivity contribution is 5.94. The number of halogens is 1. The van der Waals surface area contributed by atoms with Crippen LogP contribution in [-0.4, -0.2) is 25.0 Å². The van der Waals surface area contributed by atoms with Gasteiger partial charge in [0.25, 0.3) is 5.91 Å². The van der Waals surface area contributed by atoms with Gasteiger partial charge >= 0.3 is 0 Å². The highest BCUT2D eigenvalue weighted by atomic mass is 19.1. The standard InChI is InChI=1S/C19H23FN2O/c1-15(11-12-16-7-3-2-4-8-16)21-13-14-22-19(23)17-9-5-6-10-18(17)20/h2-10,15,21H,11-14H2,1H3,(H,22,23). The van der Waals surface area contributed by atoms with E-state index in [-0.39, 0.29) is 11.5 Å². The smallest absolute Gasteiger partial charge is 0.254 e. The molecule has 0 saturated carbocycles. The van der Waals surface area contributed by atoms with Crippen LogP contribution in [0.3, 0.4) is 0 Å². The lowest BCUT2D eigenvalue weighted by Crippen LogP contribution is -2.36. The molecule has 0 saturated heterocycles. The van der Waals surface area contributed by atoms with Crippen molar-refractivity contribution in [2.24, 2.45) is 0 Å². The lowest BCUT2D eigenvalue weighted by atomic mass is 10.1. The Bertz CT molecular complexity index is 616. The fraction of sp³-hybridized carbons (Fsp3) is 0.316. The third-order valence-corrected chi connectivity index (χ3v) is 3.73. The van der Waals surface area contributed by atoms with Crippen LogP contribution in [0.15, 0.2) is 54.6 Å². The van der Waals surface area contributed by atoms with Gasteiger partial charge in [-0.25, -0.2) is 4.39 Å². The molecule has 3 nitrogen and oxygen atoms in total. The van der Waals surface area contributed by atoms with Gasteiger partial charge in [-0.05, 0) is 37.5 Å². The van der Waals surface area contributed by atoms with E-state index in [9.17, 15) is 9.18 Å². The maximum Gasteiger partial charge on any atom is 0.254 e. The number of amides is 1. The Kier molecular flexibility index (Phi) is 6.76. The number of hydrogen-bond donors (Lipinski definition) is 2. The summed E-state index contributed by atoms with van der Waals surface area (Å²) in [4.78, 5) is 11.8. The summed E-state index contributed by atoms with van der Waals surface area (Å²) in [7, 11) is 0. The van der Waals surface area contributed by atoms with Crippen LogP contribution in [0.2, 0.25) is 0 Å². The van der Waals surface area contributed by atoms with Gasteiger partial charge in [0.1, 0.15) is 5.82 Å². The minimum Gasteiger partial charge on any atom is -0.351 e. The van der Waals surface area contributed by atoms with E-state index in [1.165, 1.54) is 17.7 Å². The molecule has 1 atom stereocenters. The number of benzene rings is 2. The number of carbonyl (C=O) groups is 1. The van der Waals surface area contributed by atoms with E-state index in [0.717, 1.165) is 12.8 Å². The molecule has 0 aliphatic rings. The third kappa shape index (κ3) is 5.83. The van der Waals surface area contributed by atoms with Crippen LogP contribution in [0.1, 0.15) is 29.3 Å². The van der Waals surface area contributed by atoms with Gasteiger partial charge in [-0.2, -0.15) is 0 Å². The Morgan fingerprint density at radius 3 is 2.48 bits per heavy atom. The quantitative estimate of drug-likeness (QED) is 0.735. The van der Waals surface area contributed by atoms with Crippen LogP contribution in [-0.2, 0) is 6.42 Å². The molecule has 23 heavy (non-hydrogen) atoms. The van der Waals surface area contributed by atoms with Gasteiger partial charge in [0.15, 0.2) is 0 Å². The molecule has 122 valence electrons. The molecule has 0 heterocycles. The molecule has 2 N–H and O–H groups in total. The zero-order valence-corrected chi connectivity index (χ0v) is 13.4. The van der Waals surface area contributed by atoms with Crippen molar-refractivity contribution in [2.45, 2.75) is 25.8 Å². The summed E-state index contributed by atoms with van der Waals surface area (Å²) in [5.41, 5.74) is 1.42. The van der Waals surface area contributed by atoms with Crippen molar-refractivity contribution >= 4 is 5.91 Å². The van der Waals surface area contributed by atoms with E-state index in [0.29, 0.717) is 19.1 Å². The second-order valence-corrected chi connectivity index (χ2v) is 5.62. The molecule has 2 rings (SSSR count). The maximum atomic E-state index is 13.5. The average Bonchev–Trinajstić information content (AvgIpc) is 2.58. The van der Waals surface area contributed by atoms with Crippen molar-refractivity contribution in [3.8, 4) is 0 Å². The summed E-state index contributed by atoms with van der Waals surface area (Å²) in [6.07, 6.45) is 2.06. The molecule has 0 aromatic heterocycles. The lowest BCUT2D eigenvalue weighted by molar-refractivity contribution is 0.0949. The molecule has 2 aromatic rings. The Hall–Kier alpha value is -2.20. The second kappa shape index (κ2) is 9.06. The molecule has 0 radical (unpaired) electrons. The molecule has 0 aliphatic carbocycles. The number of carbonyl (C=O) groups excluding carboxylic acids is 1. The largest absolute Gasteiger partial charge is 0.351 e. The number of hydrogen-bond acceptors (Lipinski definition) is 2. The van der Waals surface area contributed by atoms with E-state index in [2.05, 4.69) is 29.7 Å². The minimum absolute atomic E-state index is 0.0876. The van der Waals surface area contributed by atoms with E-state index in [1.807, 2.05) is 18.2 Å².